The van der Waals surface area contributed by atoms with Crippen molar-refractivity contribution in [3.05, 3.63) is 46.6 Å². The van der Waals surface area contributed by atoms with Crippen LogP contribution >= 0.6 is 0 Å². The first-order valence-electron chi connectivity index (χ1n) is 12.8. The number of urea groups is 1. The predicted octanol–water partition coefficient (Wildman–Crippen LogP) is 2.63. The Bertz CT molecular complexity index is 1390. The van der Waals surface area contributed by atoms with Crippen molar-refractivity contribution in [3.8, 4) is 6.07 Å². The number of nitrogens with zero attached hydrogens (tertiary/aromatic N) is 5. The number of rotatable bonds is 8. The molecule has 2 aliphatic heterocycles. The number of methoxy groups -OCH3 is 1. The number of fused-ring (bicyclic) bond motifs is 1. The summed E-state index contributed by atoms with van der Waals surface area (Å²) in [5, 5.41) is 15.5. The van der Waals surface area contributed by atoms with Crippen molar-refractivity contribution >= 4 is 35.6 Å². The third-order valence-electron chi connectivity index (χ3n) is 7.41. The maximum absolute atomic E-state index is 13.3. The van der Waals surface area contributed by atoms with Crippen LogP contribution in [0, 0.1) is 11.3 Å². The average molecular weight is 532 g/mol. The zero-order valence-electron chi connectivity index (χ0n) is 21.8. The largest absolute Gasteiger partial charge is 0.469 e. The molecule has 1 saturated carbocycles. The van der Waals surface area contributed by atoms with Gasteiger partial charge >= 0.3 is 6.03 Å². The highest BCUT2D eigenvalue weighted by molar-refractivity contribution is 6.01. The molecule has 2 aromatic rings. The summed E-state index contributed by atoms with van der Waals surface area (Å²) in [6.07, 6.45) is 5.34. The van der Waals surface area contributed by atoms with E-state index in [0.29, 0.717) is 61.5 Å². The Morgan fingerprint density at radius 1 is 1.38 bits per heavy atom. The number of hydrogen-bond acceptors (Lipinski definition) is 10. The number of aldehydes is 1. The second-order valence-electron chi connectivity index (χ2n) is 9.98. The number of amides is 2. The number of ether oxygens (including phenoxy) is 2. The molecule has 0 unspecified atom stereocenters. The fourth-order valence-electron chi connectivity index (χ4n) is 4.84. The van der Waals surface area contributed by atoms with Crippen molar-refractivity contribution in [2.75, 3.05) is 42.3 Å². The Balaban J connectivity index is 1.35. The third-order valence-corrected chi connectivity index (χ3v) is 7.41. The lowest BCUT2D eigenvalue weighted by Crippen LogP contribution is -2.40. The first kappa shape index (κ1) is 26.2. The summed E-state index contributed by atoms with van der Waals surface area (Å²) in [6, 6.07) is 5.10. The second kappa shape index (κ2) is 10.7. The van der Waals surface area contributed by atoms with E-state index in [1.165, 1.54) is 11.1 Å². The van der Waals surface area contributed by atoms with Gasteiger partial charge < -0.3 is 19.7 Å². The van der Waals surface area contributed by atoms with Crippen LogP contribution in [0.5, 0.6) is 0 Å². The van der Waals surface area contributed by atoms with Crippen molar-refractivity contribution in [3.63, 3.8) is 0 Å². The molecule has 39 heavy (non-hydrogen) atoms. The summed E-state index contributed by atoms with van der Waals surface area (Å²) in [4.78, 5) is 48.6. The Kier molecular flexibility index (Phi) is 7.19. The molecular formula is C27H29N7O5. The van der Waals surface area contributed by atoms with Crippen molar-refractivity contribution in [1.29, 1.82) is 5.26 Å². The molecule has 4 heterocycles. The molecule has 0 spiro atoms. The Morgan fingerprint density at radius 2 is 2.21 bits per heavy atom. The zero-order chi connectivity index (χ0) is 27.6. The molecule has 5 rings (SSSR count). The van der Waals surface area contributed by atoms with Gasteiger partial charge in [-0.25, -0.2) is 19.6 Å². The van der Waals surface area contributed by atoms with Gasteiger partial charge in [0.1, 0.15) is 30.0 Å². The monoisotopic (exact) mass is 531 g/mol. The number of carbonyl (C=O) groups excluding carboxylic acids is 3. The van der Waals surface area contributed by atoms with E-state index in [9.17, 15) is 19.6 Å². The minimum atomic E-state index is -0.445. The van der Waals surface area contributed by atoms with E-state index >= 15 is 0 Å². The van der Waals surface area contributed by atoms with Gasteiger partial charge in [0.2, 0.25) is 0 Å². The molecule has 2 amide bonds. The number of carbonyl (C=O) groups is 2. The molecule has 1 saturated heterocycles. The zero-order valence-corrected chi connectivity index (χ0v) is 21.8. The van der Waals surface area contributed by atoms with Gasteiger partial charge in [-0.15, -0.1) is 0 Å². The van der Waals surface area contributed by atoms with E-state index in [0.717, 1.165) is 18.4 Å². The minimum absolute atomic E-state index is 0.0529. The summed E-state index contributed by atoms with van der Waals surface area (Å²) >= 11 is 0. The van der Waals surface area contributed by atoms with Gasteiger partial charge in [0, 0.05) is 44.6 Å². The molecule has 2 N–H and O–H groups in total. The molecule has 0 aromatic carbocycles. The number of anilines is 3. The van der Waals surface area contributed by atoms with E-state index < -0.39 is 6.03 Å². The maximum Gasteiger partial charge on any atom is 0.328 e. The molecule has 3 aliphatic rings. The van der Waals surface area contributed by atoms with Crippen LogP contribution < -0.4 is 15.5 Å². The Labute approximate surface area is 225 Å². The summed E-state index contributed by atoms with van der Waals surface area (Å²) in [6.45, 7) is 3.50. The first-order chi connectivity index (χ1) is 18.9. The first-order valence-corrected chi connectivity index (χ1v) is 12.8. The van der Waals surface area contributed by atoms with Crippen LogP contribution in [-0.2, 0) is 27.2 Å². The molecule has 0 bridgehead atoms. The van der Waals surface area contributed by atoms with E-state index in [4.69, 9.17) is 9.47 Å². The topological polar surface area (TPSA) is 150 Å². The fraction of sp³-hybridized carbons (Fsp3) is 0.444. The highest BCUT2D eigenvalue weighted by atomic mass is 16.5. The highest BCUT2D eigenvalue weighted by Gasteiger charge is 2.42. The smallest absolute Gasteiger partial charge is 0.328 e. The van der Waals surface area contributed by atoms with Crippen LogP contribution in [-0.4, -0.2) is 71.6 Å². The fourth-order valence-corrected chi connectivity index (χ4v) is 4.84. The van der Waals surface area contributed by atoms with Gasteiger partial charge in [0.05, 0.1) is 22.9 Å². The molecule has 202 valence electrons. The number of hydrogen-bond donors (Lipinski definition) is 2. The van der Waals surface area contributed by atoms with Gasteiger partial charge in [0.25, 0.3) is 5.88 Å². The standard InChI is InChI=1S/C27H29N7O5/c1-17-15-39-24(14-36)34(17)12-19-8-18-4-3-7-33(25(18)31-22(19)13-35)26(37)32-23-9-21(20(10-28)11-29-23)30-16-27(38-2)5-6-27/h8-9,11,13,17H,3-7,12,15-16H2,1-2H3,(H2,29,30,32,37)/t17-/m0/s1. The maximum atomic E-state index is 13.3. The van der Waals surface area contributed by atoms with Crippen molar-refractivity contribution in [1.82, 2.24) is 14.9 Å². The highest BCUT2D eigenvalue weighted by Crippen LogP contribution is 2.39. The van der Waals surface area contributed by atoms with Crippen LogP contribution in [0.15, 0.2) is 24.2 Å². The molecule has 12 nitrogen and oxygen atoms in total. The van der Waals surface area contributed by atoms with Crippen molar-refractivity contribution in [2.45, 2.75) is 50.8 Å². The SMILES string of the molecule is COC1(CNc2cc(NC(=O)N3CCCc4cc(CN5C(=C=O)OC[C@@H]5C)c(C=O)nc43)ncc2C#N)CC1. The molecule has 0 radical (unpaired) electrons. The van der Waals surface area contributed by atoms with Gasteiger partial charge in [-0.1, -0.05) is 0 Å². The van der Waals surface area contributed by atoms with Gasteiger partial charge in [0.15, 0.2) is 12.2 Å². The van der Waals surface area contributed by atoms with Crippen LogP contribution in [0.3, 0.4) is 0 Å². The Morgan fingerprint density at radius 3 is 2.90 bits per heavy atom. The number of aromatic nitrogens is 2. The third kappa shape index (κ3) is 5.27. The van der Waals surface area contributed by atoms with Crippen molar-refractivity contribution < 1.29 is 23.9 Å². The molecular weight excluding hydrogens is 502 g/mol. The van der Waals surface area contributed by atoms with Crippen LogP contribution in [0.2, 0.25) is 0 Å². The second-order valence-corrected chi connectivity index (χ2v) is 9.98. The number of aryl methyl sites for hydroxylation is 1. The number of nitriles is 1. The van der Waals surface area contributed by atoms with Gasteiger partial charge in [-0.2, -0.15) is 5.26 Å². The quantitative estimate of drug-likeness (QED) is 0.384. The average Bonchev–Trinajstić information content (AvgIpc) is 3.66. The van der Waals surface area contributed by atoms with Crippen molar-refractivity contribution in [2.24, 2.45) is 0 Å². The molecule has 2 fully saturated rings. The van der Waals surface area contributed by atoms with E-state index in [1.54, 1.807) is 18.1 Å². The lowest BCUT2D eigenvalue weighted by Gasteiger charge is -2.30. The lowest BCUT2D eigenvalue weighted by atomic mass is 10.0. The molecule has 1 aliphatic carbocycles. The van der Waals surface area contributed by atoms with Crippen LogP contribution in [0.25, 0.3) is 0 Å². The van der Waals surface area contributed by atoms with E-state index in [2.05, 4.69) is 26.7 Å². The molecule has 12 heteroatoms. The molecule has 2 aromatic heterocycles. The Hall–Kier alpha value is -4.46. The van der Waals surface area contributed by atoms with Gasteiger partial charge in [-0.05, 0) is 44.2 Å². The molecule has 1 atom stereocenters. The number of nitrogens with one attached hydrogen (secondary N) is 2. The normalized spacial score (nSPS) is 18.9. The van der Waals surface area contributed by atoms with Crippen LogP contribution in [0.4, 0.5) is 22.1 Å². The lowest BCUT2D eigenvalue weighted by molar-refractivity contribution is 0.0914. The minimum Gasteiger partial charge on any atom is -0.469 e. The van der Waals surface area contributed by atoms with E-state index in [1.807, 2.05) is 18.9 Å². The van der Waals surface area contributed by atoms with Crippen LogP contribution in [0.1, 0.15) is 53.4 Å². The summed E-state index contributed by atoms with van der Waals surface area (Å²) in [5.74, 6) is 2.60. The predicted molar refractivity (Wildman–Crippen MR) is 141 cm³/mol. The number of pyridine rings is 2. The summed E-state index contributed by atoms with van der Waals surface area (Å²) in [5.41, 5.74) is 2.35. The summed E-state index contributed by atoms with van der Waals surface area (Å²) in [7, 11) is 1.67. The summed E-state index contributed by atoms with van der Waals surface area (Å²) < 4.78 is 10.9. The van der Waals surface area contributed by atoms with E-state index in [-0.39, 0.29) is 35.6 Å². The van der Waals surface area contributed by atoms with Gasteiger partial charge in [-0.3, -0.25) is 15.0 Å².